The van der Waals surface area contributed by atoms with Crippen LogP contribution in [0.15, 0.2) is 84.9 Å². The topological polar surface area (TPSA) is 43.1 Å². The summed E-state index contributed by atoms with van der Waals surface area (Å²) in [6, 6.07) is 24.5. The standard InChI is InChI=1S/C27H17NO2/c29-28(30)17-13-15-21-20-9-3-6-12-24(20)26-22-10-4-1-7-18(22)19-8-2-5-11-23(19)27(26)25(21)16-14-17/h1-17H. The van der Waals surface area contributed by atoms with Gasteiger partial charge >= 0.3 is 0 Å². The molecule has 5 aromatic carbocycles. The fourth-order valence-electron chi connectivity index (χ4n) is 4.86. The van der Waals surface area contributed by atoms with E-state index in [9.17, 15) is 10.1 Å². The Labute approximate surface area is 172 Å². The summed E-state index contributed by atoms with van der Waals surface area (Å²) in [4.78, 5) is 11.2. The molecule has 0 saturated heterocycles. The Morgan fingerprint density at radius 1 is 0.567 bits per heavy atom. The summed E-state index contributed by atoms with van der Waals surface area (Å²) in [7, 11) is 0. The molecule has 1 unspecified atom stereocenters. The highest BCUT2D eigenvalue weighted by Crippen LogP contribution is 2.43. The van der Waals surface area contributed by atoms with Crippen molar-refractivity contribution < 1.29 is 4.92 Å². The predicted octanol–water partition coefficient (Wildman–Crippen LogP) is 6.98. The van der Waals surface area contributed by atoms with Crippen LogP contribution in [0.25, 0.3) is 55.2 Å². The summed E-state index contributed by atoms with van der Waals surface area (Å²) >= 11 is 0. The van der Waals surface area contributed by atoms with Gasteiger partial charge in [-0.3, -0.25) is 10.1 Å². The molecule has 0 radical (unpaired) electrons. The van der Waals surface area contributed by atoms with Crippen molar-refractivity contribution in [3.8, 4) is 0 Å². The fraction of sp³-hybridized carbons (Fsp3) is 0.0370. The van der Waals surface area contributed by atoms with Gasteiger partial charge in [-0.15, -0.1) is 0 Å². The third-order valence-corrected chi connectivity index (χ3v) is 6.14. The SMILES string of the molecule is O=[N+]([O-])C1C=Cc2c(c3c4ccccc4c4ccccc4c3c3ccccc23)C=C1. The lowest BCUT2D eigenvalue weighted by atomic mass is 9.85. The highest BCUT2D eigenvalue weighted by atomic mass is 16.6. The normalized spacial score (nSPS) is 15.7. The molecular formula is C27H17NO2. The van der Waals surface area contributed by atoms with Crippen molar-refractivity contribution in [3.05, 3.63) is 106 Å². The van der Waals surface area contributed by atoms with Crippen LogP contribution in [0.2, 0.25) is 0 Å². The molecule has 0 saturated carbocycles. The molecule has 0 N–H and O–H groups in total. The molecular weight excluding hydrogens is 370 g/mol. The van der Waals surface area contributed by atoms with E-state index in [0.29, 0.717) is 0 Å². The second kappa shape index (κ2) is 6.26. The molecule has 142 valence electrons. The van der Waals surface area contributed by atoms with Gasteiger partial charge in [-0.05, 0) is 66.4 Å². The second-order valence-electron chi connectivity index (χ2n) is 7.71. The van der Waals surface area contributed by atoms with E-state index < -0.39 is 6.04 Å². The van der Waals surface area contributed by atoms with Crippen molar-refractivity contribution in [1.29, 1.82) is 0 Å². The third kappa shape index (κ3) is 2.26. The van der Waals surface area contributed by atoms with Crippen LogP contribution in [0.5, 0.6) is 0 Å². The Hall–Kier alpha value is -3.98. The van der Waals surface area contributed by atoms with Gasteiger partial charge in [0.1, 0.15) is 0 Å². The summed E-state index contributed by atoms with van der Waals surface area (Å²) in [6.07, 6.45) is 7.25. The Morgan fingerprint density at radius 2 is 1.00 bits per heavy atom. The van der Waals surface area contributed by atoms with E-state index >= 15 is 0 Å². The zero-order valence-electron chi connectivity index (χ0n) is 16.1. The number of rotatable bonds is 1. The zero-order chi connectivity index (χ0) is 20.2. The molecule has 0 fully saturated rings. The Morgan fingerprint density at radius 3 is 1.57 bits per heavy atom. The van der Waals surface area contributed by atoms with Crippen LogP contribution >= 0.6 is 0 Å². The molecule has 0 heterocycles. The quantitative estimate of drug-likeness (QED) is 0.177. The molecule has 0 amide bonds. The molecule has 0 aromatic heterocycles. The lowest BCUT2D eigenvalue weighted by Crippen LogP contribution is -2.12. The smallest absolute Gasteiger partial charge is 0.250 e. The van der Waals surface area contributed by atoms with E-state index in [-0.39, 0.29) is 4.92 Å². The first-order valence-electron chi connectivity index (χ1n) is 10.0. The summed E-state index contributed by atoms with van der Waals surface area (Å²) in [6.45, 7) is 0. The van der Waals surface area contributed by atoms with E-state index in [0.717, 1.165) is 21.9 Å². The van der Waals surface area contributed by atoms with Gasteiger partial charge in [-0.25, -0.2) is 0 Å². The first-order valence-corrected chi connectivity index (χ1v) is 10.0. The van der Waals surface area contributed by atoms with Crippen LogP contribution in [0, 0.1) is 10.1 Å². The molecule has 1 aliphatic rings. The summed E-state index contributed by atoms with van der Waals surface area (Å²) in [5, 5.41) is 20.9. The van der Waals surface area contributed by atoms with Crippen LogP contribution in [-0.2, 0) is 0 Å². The van der Waals surface area contributed by atoms with Gasteiger partial charge in [0.2, 0.25) is 6.04 Å². The van der Waals surface area contributed by atoms with E-state index in [1.54, 1.807) is 12.2 Å². The van der Waals surface area contributed by atoms with Gasteiger partial charge in [0.25, 0.3) is 0 Å². The Kier molecular flexibility index (Phi) is 3.53. The summed E-state index contributed by atoms with van der Waals surface area (Å²) < 4.78 is 0. The van der Waals surface area contributed by atoms with Gasteiger partial charge in [0.15, 0.2) is 0 Å². The molecule has 0 bridgehead atoms. The van der Waals surface area contributed by atoms with Crippen molar-refractivity contribution in [2.45, 2.75) is 6.04 Å². The van der Waals surface area contributed by atoms with E-state index in [2.05, 4.69) is 66.7 Å². The van der Waals surface area contributed by atoms with E-state index in [1.165, 1.54) is 32.3 Å². The number of nitrogens with zero attached hydrogens (tertiary/aromatic N) is 1. The lowest BCUT2D eigenvalue weighted by molar-refractivity contribution is -0.496. The Balaban J connectivity index is 1.96. The average molecular weight is 387 g/mol. The van der Waals surface area contributed by atoms with Crippen LogP contribution in [0.3, 0.4) is 0 Å². The number of hydrogen-bond acceptors (Lipinski definition) is 2. The number of benzene rings is 5. The van der Waals surface area contributed by atoms with Crippen LogP contribution in [0.1, 0.15) is 11.1 Å². The van der Waals surface area contributed by atoms with E-state index in [4.69, 9.17) is 0 Å². The first-order chi connectivity index (χ1) is 14.7. The maximum atomic E-state index is 11.5. The summed E-state index contributed by atoms with van der Waals surface area (Å²) in [5.74, 6) is 0. The number of fused-ring (bicyclic) bond motifs is 11. The minimum atomic E-state index is -0.821. The minimum absolute atomic E-state index is 0.253. The third-order valence-electron chi connectivity index (χ3n) is 6.14. The molecule has 1 aliphatic carbocycles. The maximum Gasteiger partial charge on any atom is 0.250 e. The van der Waals surface area contributed by atoms with Gasteiger partial charge < -0.3 is 0 Å². The van der Waals surface area contributed by atoms with Crippen LogP contribution in [0.4, 0.5) is 0 Å². The van der Waals surface area contributed by atoms with E-state index in [1.807, 2.05) is 18.2 Å². The molecule has 5 aromatic rings. The predicted molar refractivity (Wildman–Crippen MR) is 125 cm³/mol. The van der Waals surface area contributed by atoms with Crippen molar-refractivity contribution in [1.82, 2.24) is 0 Å². The van der Waals surface area contributed by atoms with Crippen molar-refractivity contribution in [2.75, 3.05) is 0 Å². The first kappa shape index (κ1) is 16.9. The molecule has 3 nitrogen and oxygen atoms in total. The van der Waals surface area contributed by atoms with Crippen molar-refractivity contribution in [3.63, 3.8) is 0 Å². The molecule has 1 atom stereocenters. The average Bonchev–Trinajstić information content (AvgIpc) is 3.02. The number of hydrogen-bond donors (Lipinski definition) is 0. The number of nitro groups is 1. The largest absolute Gasteiger partial charge is 0.264 e. The molecule has 3 heteroatoms. The zero-order valence-corrected chi connectivity index (χ0v) is 16.1. The fourth-order valence-corrected chi connectivity index (χ4v) is 4.86. The van der Waals surface area contributed by atoms with Gasteiger partial charge in [-0.1, -0.05) is 84.9 Å². The van der Waals surface area contributed by atoms with Crippen LogP contribution < -0.4 is 0 Å². The molecule has 0 spiro atoms. The molecule has 6 rings (SSSR count). The van der Waals surface area contributed by atoms with Gasteiger partial charge in [-0.2, -0.15) is 0 Å². The van der Waals surface area contributed by atoms with Gasteiger partial charge in [0, 0.05) is 4.92 Å². The molecule has 0 aliphatic heterocycles. The second-order valence-corrected chi connectivity index (χ2v) is 7.71. The monoisotopic (exact) mass is 387 g/mol. The van der Waals surface area contributed by atoms with Gasteiger partial charge in [0.05, 0.1) is 0 Å². The van der Waals surface area contributed by atoms with Crippen molar-refractivity contribution in [2.24, 2.45) is 0 Å². The Bertz CT molecular complexity index is 1570. The summed E-state index contributed by atoms with van der Waals surface area (Å²) in [5.41, 5.74) is 2.09. The highest BCUT2D eigenvalue weighted by molar-refractivity contribution is 6.34. The maximum absolute atomic E-state index is 11.5. The molecule has 30 heavy (non-hydrogen) atoms. The van der Waals surface area contributed by atoms with Crippen LogP contribution in [-0.4, -0.2) is 11.0 Å². The minimum Gasteiger partial charge on any atom is -0.264 e. The van der Waals surface area contributed by atoms with Crippen molar-refractivity contribution >= 4 is 55.2 Å². The highest BCUT2D eigenvalue weighted by Gasteiger charge is 2.21. The lowest BCUT2D eigenvalue weighted by Gasteiger charge is -2.17.